The molecule has 0 aliphatic rings. The Kier molecular flexibility index (Phi) is 3.53. The highest BCUT2D eigenvalue weighted by Gasteiger charge is 2.16. The molecule has 2 rings (SSSR count). The van der Waals surface area contributed by atoms with Gasteiger partial charge in [0.05, 0.1) is 0 Å². The summed E-state index contributed by atoms with van der Waals surface area (Å²) < 4.78 is 2.30. The van der Waals surface area contributed by atoms with Crippen LogP contribution in [0.15, 0.2) is 24.3 Å². The average molecular weight is 230 g/mol. The van der Waals surface area contributed by atoms with Gasteiger partial charge in [0, 0.05) is 23.6 Å². The smallest absolute Gasteiger partial charge is 0.0482 e. The van der Waals surface area contributed by atoms with E-state index in [4.69, 9.17) is 5.73 Å². The lowest BCUT2D eigenvalue weighted by Crippen LogP contribution is -2.03. The predicted molar refractivity (Wildman–Crippen MR) is 74.4 cm³/mol. The van der Waals surface area contributed by atoms with Gasteiger partial charge in [-0.15, -0.1) is 0 Å². The van der Waals surface area contributed by atoms with Crippen molar-refractivity contribution in [3.8, 4) is 0 Å². The van der Waals surface area contributed by atoms with Crippen molar-refractivity contribution in [1.82, 2.24) is 4.57 Å². The van der Waals surface area contributed by atoms with Gasteiger partial charge in [0.1, 0.15) is 0 Å². The van der Waals surface area contributed by atoms with Gasteiger partial charge in [0.2, 0.25) is 0 Å². The number of fused-ring (bicyclic) bond motifs is 1. The zero-order chi connectivity index (χ0) is 12.4. The molecular weight excluding hydrogens is 208 g/mol. The predicted octanol–water partition coefficient (Wildman–Crippen LogP) is 3.33. The average Bonchev–Trinajstić information content (AvgIpc) is 2.60. The van der Waals surface area contributed by atoms with Crippen LogP contribution < -0.4 is 5.73 Å². The van der Waals surface area contributed by atoms with Crippen molar-refractivity contribution in [2.75, 3.05) is 6.54 Å². The second-order valence-corrected chi connectivity index (χ2v) is 4.91. The summed E-state index contributed by atoms with van der Waals surface area (Å²) in [5.74, 6) is 0.588. The van der Waals surface area contributed by atoms with Crippen molar-refractivity contribution in [3.05, 3.63) is 35.5 Å². The molecule has 0 aliphatic carbocycles. The molecule has 17 heavy (non-hydrogen) atoms. The van der Waals surface area contributed by atoms with Crippen molar-refractivity contribution in [2.24, 2.45) is 12.8 Å². The molecule has 1 aromatic carbocycles. The lowest BCUT2D eigenvalue weighted by atomic mass is 9.93. The molecule has 1 aromatic heterocycles. The van der Waals surface area contributed by atoms with E-state index >= 15 is 0 Å². The van der Waals surface area contributed by atoms with Gasteiger partial charge >= 0.3 is 0 Å². The lowest BCUT2D eigenvalue weighted by molar-refractivity contribution is 0.638. The molecule has 1 heterocycles. The zero-order valence-corrected chi connectivity index (χ0v) is 11.0. The Morgan fingerprint density at radius 3 is 2.71 bits per heavy atom. The first-order chi connectivity index (χ1) is 8.16. The third kappa shape index (κ3) is 2.09. The van der Waals surface area contributed by atoms with Gasteiger partial charge in [0.25, 0.3) is 0 Å². The van der Waals surface area contributed by atoms with Gasteiger partial charge < -0.3 is 10.3 Å². The minimum Gasteiger partial charge on any atom is -0.348 e. The van der Waals surface area contributed by atoms with Gasteiger partial charge in [-0.05, 0) is 43.9 Å². The Balaban J connectivity index is 2.49. The molecule has 1 unspecified atom stereocenters. The number of rotatable bonds is 4. The first-order valence-electron chi connectivity index (χ1n) is 6.40. The minimum absolute atomic E-state index is 0.588. The van der Waals surface area contributed by atoms with Crippen LogP contribution in [0, 0.1) is 6.92 Å². The summed E-state index contributed by atoms with van der Waals surface area (Å²) in [6.07, 6.45) is 2.27. The minimum atomic E-state index is 0.588. The maximum atomic E-state index is 5.61. The van der Waals surface area contributed by atoms with Gasteiger partial charge in [-0.1, -0.05) is 25.1 Å². The van der Waals surface area contributed by atoms with Crippen LogP contribution in [-0.4, -0.2) is 11.1 Å². The first-order valence-corrected chi connectivity index (χ1v) is 6.40. The third-order valence-corrected chi connectivity index (χ3v) is 3.78. The summed E-state index contributed by atoms with van der Waals surface area (Å²) in [6, 6.07) is 8.66. The van der Waals surface area contributed by atoms with Crippen LogP contribution in [0.5, 0.6) is 0 Å². The van der Waals surface area contributed by atoms with E-state index in [0.29, 0.717) is 5.92 Å². The summed E-state index contributed by atoms with van der Waals surface area (Å²) >= 11 is 0. The zero-order valence-electron chi connectivity index (χ0n) is 11.0. The van der Waals surface area contributed by atoms with E-state index in [9.17, 15) is 0 Å². The van der Waals surface area contributed by atoms with Crippen LogP contribution in [0.1, 0.15) is 36.9 Å². The fourth-order valence-corrected chi connectivity index (χ4v) is 2.74. The molecule has 2 nitrogen and oxygen atoms in total. The highest BCUT2D eigenvalue weighted by Crippen LogP contribution is 2.32. The fraction of sp³-hybridized carbons (Fsp3) is 0.467. The fourth-order valence-electron chi connectivity index (χ4n) is 2.74. The first kappa shape index (κ1) is 12.2. The highest BCUT2D eigenvalue weighted by molar-refractivity contribution is 5.86. The van der Waals surface area contributed by atoms with Crippen molar-refractivity contribution in [1.29, 1.82) is 0 Å². The van der Waals surface area contributed by atoms with Crippen molar-refractivity contribution in [3.63, 3.8) is 0 Å². The maximum absolute atomic E-state index is 5.61. The Hall–Kier alpha value is -1.28. The summed E-state index contributed by atoms with van der Waals surface area (Å²) in [4.78, 5) is 0. The van der Waals surface area contributed by atoms with Crippen molar-refractivity contribution in [2.45, 2.75) is 32.6 Å². The molecule has 0 fully saturated rings. The van der Waals surface area contributed by atoms with Gasteiger partial charge in [-0.25, -0.2) is 0 Å². The molecule has 2 N–H and O–H groups in total. The molecule has 0 saturated heterocycles. The van der Waals surface area contributed by atoms with Crippen LogP contribution in [0.2, 0.25) is 0 Å². The summed E-state index contributed by atoms with van der Waals surface area (Å²) in [6.45, 7) is 5.31. The number of benzene rings is 1. The van der Waals surface area contributed by atoms with Crippen LogP contribution in [0.3, 0.4) is 0 Å². The molecule has 0 bridgehead atoms. The Labute approximate surface area is 103 Å². The van der Waals surface area contributed by atoms with E-state index in [2.05, 4.69) is 49.7 Å². The summed E-state index contributed by atoms with van der Waals surface area (Å²) in [5, 5.41) is 1.40. The third-order valence-electron chi connectivity index (χ3n) is 3.78. The monoisotopic (exact) mass is 230 g/mol. The number of para-hydroxylation sites is 1. The van der Waals surface area contributed by atoms with E-state index in [-0.39, 0.29) is 0 Å². The van der Waals surface area contributed by atoms with Crippen molar-refractivity contribution >= 4 is 10.9 Å². The topological polar surface area (TPSA) is 30.9 Å². The number of hydrogen-bond donors (Lipinski definition) is 1. The quantitative estimate of drug-likeness (QED) is 0.858. The van der Waals surface area contributed by atoms with Crippen molar-refractivity contribution < 1.29 is 0 Å². The lowest BCUT2D eigenvalue weighted by Gasteiger charge is -2.12. The second kappa shape index (κ2) is 4.92. The van der Waals surface area contributed by atoms with E-state index in [0.717, 1.165) is 13.0 Å². The van der Waals surface area contributed by atoms with Crippen LogP contribution in [-0.2, 0) is 7.05 Å². The number of aryl methyl sites for hydroxylation is 1. The Morgan fingerprint density at radius 2 is 2.00 bits per heavy atom. The molecule has 1 atom stereocenters. The molecular formula is C15H22N2. The molecule has 0 radical (unpaired) electrons. The van der Waals surface area contributed by atoms with Gasteiger partial charge in [-0.2, -0.15) is 0 Å². The Bertz CT molecular complexity index is 511. The number of nitrogens with zero attached hydrogens (tertiary/aromatic N) is 1. The molecule has 0 amide bonds. The van der Waals surface area contributed by atoms with E-state index < -0.39 is 0 Å². The summed E-state index contributed by atoms with van der Waals surface area (Å²) in [5.41, 5.74) is 9.82. The molecule has 92 valence electrons. The van der Waals surface area contributed by atoms with Gasteiger partial charge in [-0.3, -0.25) is 0 Å². The highest BCUT2D eigenvalue weighted by atomic mass is 14.9. The number of aromatic nitrogens is 1. The number of nitrogens with two attached hydrogens (primary N) is 1. The standard InChI is InChI=1S/C15H22N2/c1-11(7-6-10-16)15-12(2)17(3)14-9-5-4-8-13(14)15/h4-5,8-9,11H,6-7,10,16H2,1-3H3. The molecule has 0 saturated carbocycles. The maximum Gasteiger partial charge on any atom is 0.0482 e. The molecule has 2 heteroatoms. The Morgan fingerprint density at radius 1 is 1.29 bits per heavy atom. The molecule has 0 aliphatic heterocycles. The molecule has 0 spiro atoms. The van der Waals surface area contributed by atoms with Crippen LogP contribution in [0.4, 0.5) is 0 Å². The van der Waals surface area contributed by atoms with E-state index in [1.807, 2.05) is 0 Å². The number of hydrogen-bond acceptors (Lipinski definition) is 1. The second-order valence-electron chi connectivity index (χ2n) is 4.91. The largest absolute Gasteiger partial charge is 0.348 e. The normalized spacial score (nSPS) is 13.2. The van der Waals surface area contributed by atoms with Gasteiger partial charge in [0.15, 0.2) is 0 Å². The van der Waals surface area contributed by atoms with Crippen LogP contribution >= 0.6 is 0 Å². The summed E-state index contributed by atoms with van der Waals surface area (Å²) in [7, 11) is 2.15. The SMILES string of the molecule is Cc1c(C(C)CCCN)c2ccccc2n1C. The van der Waals surface area contributed by atoms with E-state index in [1.54, 1.807) is 0 Å². The van der Waals surface area contributed by atoms with Crippen LogP contribution in [0.25, 0.3) is 10.9 Å². The van der Waals surface area contributed by atoms with E-state index in [1.165, 1.54) is 28.6 Å². The molecule has 2 aromatic rings.